The molecule has 0 aliphatic carbocycles. The number of nitrogens with zero attached hydrogens (tertiary/aromatic N) is 2. The monoisotopic (exact) mass is 439 g/mol. The molecular formula is C15H13ClF3N3O3S2. The van der Waals surface area contributed by atoms with Crippen molar-refractivity contribution in [2.75, 3.05) is 18.5 Å². The van der Waals surface area contributed by atoms with Crippen LogP contribution >= 0.6 is 34.3 Å². The highest BCUT2D eigenvalue weighted by atomic mass is 35.5. The van der Waals surface area contributed by atoms with Gasteiger partial charge in [0.05, 0.1) is 14.9 Å². The molecule has 2 amide bonds. The van der Waals surface area contributed by atoms with E-state index in [2.05, 4.69) is 15.0 Å². The average Bonchev–Trinajstić information content (AvgIpc) is 3.31. The fraction of sp³-hybridized carbons (Fsp3) is 0.400. The lowest BCUT2D eigenvalue weighted by Gasteiger charge is -2.23. The Morgan fingerprint density at radius 3 is 2.85 bits per heavy atom. The van der Waals surface area contributed by atoms with Crippen molar-refractivity contribution in [3.63, 3.8) is 0 Å². The van der Waals surface area contributed by atoms with Gasteiger partial charge in [-0.1, -0.05) is 11.6 Å². The Balaban J connectivity index is 1.61. The summed E-state index contributed by atoms with van der Waals surface area (Å²) < 4.78 is 41.5. The lowest BCUT2D eigenvalue weighted by atomic mass is 10.2. The highest BCUT2D eigenvalue weighted by Gasteiger charge is 2.37. The number of rotatable bonds is 4. The van der Waals surface area contributed by atoms with Gasteiger partial charge in [-0.15, -0.1) is 22.7 Å². The van der Waals surface area contributed by atoms with E-state index in [1.54, 1.807) is 11.4 Å². The van der Waals surface area contributed by atoms with E-state index in [0.717, 1.165) is 9.78 Å². The first-order valence-corrected chi connectivity index (χ1v) is 9.82. The first-order valence-electron chi connectivity index (χ1n) is 7.75. The van der Waals surface area contributed by atoms with Gasteiger partial charge in [0, 0.05) is 11.9 Å². The van der Waals surface area contributed by atoms with Crippen LogP contribution in [0.5, 0.6) is 0 Å². The Kier molecular flexibility index (Phi) is 5.92. The van der Waals surface area contributed by atoms with Crippen molar-refractivity contribution in [2.45, 2.75) is 25.1 Å². The number of aromatic nitrogens is 1. The molecule has 0 aromatic carbocycles. The highest BCUT2D eigenvalue weighted by Crippen LogP contribution is 2.33. The summed E-state index contributed by atoms with van der Waals surface area (Å²) in [5.74, 6) is -0.512. The zero-order valence-corrected chi connectivity index (χ0v) is 16.0. The van der Waals surface area contributed by atoms with E-state index in [9.17, 15) is 22.8 Å². The summed E-state index contributed by atoms with van der Waals surface area (Å²) in [7, 11) is 0. The molecule has 6 nitrogen and oxygen atoms in total. The molecule has 1 N–H and O–H groups in total. The Morgan fingerprint density at radius 2 is 2.19 bits per heavy atom. The molecule has 0 saturated carbocycles. The van der Waals surface area contributed by atoms with Crippen molar-refractivity contribution in [3.05, 3.63) is 21.8 Å². The molecular weight excluding hydrogens is 427 g/mol. The van der Waals surface area contributed by atoms with Gasteiger partial charge in [-0.3, -0.25) is 9.69 Å². The number of carbonyl (C=O) groups excluding carboxylic acids is 2. The molecule has 2 aromatic rings. The second-order valence-corrected chi connectivity index (χ2v) is 8.23. The third-order valence-corrected chi connectivity index (χ3v) is 5.72. The molecule has 0 bridgehead atoms. The number of thiophene rings is 1. The van der Waals surface area contributed by atoms with Crippen LogP contribution in [0.1, 0.15) is 12.8 Å². The maximum atomic E-state index is 12.4. The molecule has 27 heavy (non-hydrogen) atoms. The lowest BCUT2D eigenvalue weighted by Crippen LogP contribution is -2.44. The predicted molar refractivity (Wildman–Crippen MR) is 96.2 cm³/mol. The molecule has 2 aromatic heterocycles. The van der Waals surface area contributed by atoms with Gasteiger partial charge < -0.3 is 10.1 Å². The number of anilines is 1. The van der Waals surface area contributed by atoms with Gasteiger partial charge in [0.15, 0.2) is 11.7 Å². The summed E-state index contributed by atoms with van der Waals surface area (Å²) in [6.07, 6.45) is -4.94. The minimum absolute atomic E-state index is 0.158. The maximum Gasteiger partial charge on any atom is 0.422 e. The van der Waals surface area contributed by atoms with Crippen molar-refractivity contribution in [3.8, 4) is 10.6 Å². The zero-order valence-electron chi connectivity index (χ0n) is 13.6. The Labute approximate surface area is 164 Å². The second-order valence-electron chi connectivity index (χ2n) is 5.65. The van der Waals surface area contributed by atoms with Crippen LogP contribution in [0.3, 0.4) is 0 Å². The van der Waals surface area contributed by atoms with E-state index < -0.39 is 30.8 Å². The highest BCUT2D eigenvalue weighted by molar-refractivity contribution is 7.20. The van der Waals surface area contributed by atoms with Crippen molar-refractivity contribution < 1.29 is 27.5 Å². The van der Waals surface area contributed by atoms with Crippen LogP contribution < -0.4 is 5.32 Å². The molecule has 1 fully saturated rings. The van der Waals surface area contributed by atoms with E-state index in [0.29, 0.717) is 28.0 Å². The third-order valence-electron chi connectivity index (χ3n) is 3.71. The molecule has 1 aliphatic heterocycles. The number of likely N-dealkylation sites (tertiary alicyclic amines) is 1. The Bertz CT molecular complexity index is 840. The standard InChI is InChI=1S/C15H13ClF3N3O3S2/c16-11-4-3-10(27-11)8-6-26-13(20-8)21-12(23)9-2-1-5-22(9)14(24)25-7-15(17,18)19/h3-4,6,9H,1-2,5,7H2,(H,20,21,23). The number of carbonyl (C=O) groups is 2. The zero-order chi connectivity index (χ0) is 19.6. The molecule has 12 heteroatoms. The molecule has 0 radical (unpaired) electrons. The van der Waals surface area contributed by atoms with Gasteiger partial charge in [-0.05, 0) is 25.0 Å². The number of hydrogen-bond donors (Lipinski definition) is 1. The van der Waals surface area contributed by atoms with Crippen LogP contribution in [0.25, 0.3) is 10.6 Å². The number of nitrogens with one attached hydrogen (secondary N) is 1. The number of ether oxygens (including phenoxy) is 1. The summed E-state index contributed by atoms with van der Waals surface area (Å²) in [5.41, 5.74) is 0.653. The normalized spacial score (nSPS) is 17.2. The Morgan fingerprint density at radius 1 is 1.41 bits per heavy atom. The summed E-state index contributed by atoms with van der Waals surface area (Å²) in [4.78, 5) is 30.4. The van der Waals surface area contributed by atoms with E-state index in [-0.39, 0.29) is 6.54 Å². The third kappa shape index (κ3) is 5.11. The quantitative estimate of drug-likeness (QED) is 0.754. The largest absolute Gasteiger partial charge is 0.440 e. The summed E-state index contributed by atoms with van der Waals surface area (Å²) in [6.45, 7) is -1.53. The van der Waals surface area contributed by atoms with Crippen molar-refractivity contribution in [2.24, 2.45) is 0 Å². The van der Waals surface area contributed by atoms with Crippen molar-refractivity contribution in [1.82, 2.24) is 9.88 Å². The molecule has 1 unspecified atom stereocenters. The van der Waals surface area contributed by atoms with Gasteiger partial charge >= 0.3 is 12.3 Å². The molecule has 0 spiro atoms. The second kappa shape index (κ2) is 8.03. The van der Waals surface area contributed by atoms with Gasteiger partial charge in [-0.2, -0.15) is 13.2 Å². The number of alkyl halides is 3. The van der Waals surface area contributed by atoms with E-state index in [1.807, 2.05) is 6.07 Å². The van der Waals surface area contributed by atoms with E-state index in [4.69, 9.17) is 11.6 Å². The smallest absolute Gasteiger partial charge is 0.422 e. The number of thiazole rings is 1. The van der Waals surface area contributed by atoms with Crippen LogP contribution in [0.4, 0.5) is 23.1 Å². The SMILES string of the molecule is O=C(Nc1nc(-c2ccc(Cl)s2)cs1)C1CCCN1C(=O)OCC(F)(F)F. The summed E-state index contributed by atoms with van der Waals surface area (Å²) >= 11 is 8.44. The van der Waals surface area contributed by atoms with Gasteiger partial charge in [0.25, 0.3) is 0 Å². The number of halogens is 4. The van der Waals surface area contributed by atoms with E-state index >= 15 is 0 Å². The van der Waals surface area contributed by atoms with Gasteiger partial charge in [0.2, 0.25) is 5.91 Å². The fourth-order valence-corrected chi connectivity index (χ4v) is 4.36. The molecule has 146 valence electrons. The minimum Gasteiger partial charge on any atom is -0.440 e. The van der Waals surface area contributed by atoms with Gasteiger partial charge in [0.1, 0.15) is 6.04 Å². The van der Waals surface area contributed by atoms with Crippen LogP contribution in [0.2, 0.25) is 4.34 Å². The fourth-order valence-electron chi connectivity index (χ4n) is 2.57. The summed E-state index contributed by atoms with van der Waals surface area (Å²) in [5, 5.41) is 4.69. The van der Waals surface area contributed by atoms with Gasteiger partial charge in [-0.25, -0.2) is 9.78 Å². The molecule has 1 atom stereocenters. The maximum absolute atomic E-state index is 12.4. The lowest BCUT2D eigenvalue weighted by molar-refractivity contribution is -0.162. The van der Waals surface area contributed by atoms with E-state index in [1.165, 1.54) is 22.7 Å². The first kappa shape index (κ1) is 19.9. The number of hydrogen-bond acceptors (Lipinski definition) is 6. The minimum atomic E-state index is -4.62. The van der Waals surface area contributed by atoms with Crippen LogP contribution in [-0.4, -0.2) is 47.3 Å². The average molecular weight is 440 g/mol. The van der Waals surface area contributed by atoms with Crippen molar-refractivity contribution in [1.29, 1.82) is 0 Å². The van der Waals surface area contributed by atoms with Crippen LogP contribution in [-0.2, 0) is 9.53 Å². The molecule has 1 aliphatic rings. The van der Waals surface area contributed by atoms with Crippen LogP contribution in [0, 0.1) is 0 Å². The predicted octanol–water partition coefficient (Wildman–Crippen LogP) is 4.63. The van der Waals surface area contributed by atoms with Crippen molar-refractivity contribution >= 4 is 51.4 Å². The molecule has 1 saturated heterocycles. The molecule has 3 rings (SSSR count). The summed E-state index contributed by atoms with van der Waals surface area (Å²) in [6, 6.07) is 2.65. The molecule has 3 heterocycles. The topological polar surface area (TPSA) is 71.5 Å². The Hall–Kier alpha value is -1.85. The van der Waals surface area contributed by atoms with Crippen LogP contribution in [0.15, 0.2) is 17.5 Å². The first-order chi connectivity index (χ1) is 12.7. The number of amides is 2.